The molecule has 0 aromatic heterocycles. The minimum Gasteiger partial charge on any atom is -0.394 e. The highest BCUT2D eigenvalue weighted by Gasteiger charge is 2.50. The summed E-state index contributed by atoms with van der Waals surface area (Å²) in [6.45, 7) is 2.52. The van der Waals surface area contributed by atoms with E-state index in [0.29, 0.717) is 12.8 Å². The van der Waals surface area contributed by atoms with Crippen LogP contribution in [0, 0.1) is 0 Å². The number of rotatable bonds is 33. The molecule has 0 aromatic carbocycles. The van der Waals surface area contributed by atoms with Crippen LogP contribution in [0.2, 0.25) is 0 Å². The number of allylic oxidation sites excluding steroid dienone is 15. The number of hydrogen-bond donors (Lipinski definition) is 9. The predicted octanol–water partition coefficient (Wildman–Crippen LogP) is 5.20. The lowest BCUT2D eigenvalue weighted by Gasteiger charge is -2.46. The largest absolute Gasteiger partial charge is 0.394 e. The van der Waals surface area contributed by atoms with Crippen LogP contribution in [0.4, 0.5) is 0 Å². The van der Waals surface area contributed by atoms with Gasteiger partial charge in [-0.15, -0.1) is 0 Å². The molecular formula is C50H81NO13. The standard InChI is InChI=1S/C50H81NO13/c1-3-5-7-9-11-13-14-15-16-17-18-19-20-21-22-23-24-26-28-30-32-34-42(55)51-38(39(54)33-31-29-27-25-12-10-8-6-4-2)37-61-49-47(60)45(58)48(41(36-53)63-49)64-50-46(59)44(57)43(56)40(35-52)62-50/h5,7,11-13,15-16,18-19,21-22,24-26,31,33,38-41,43-50,52-54,56-60H,3-4,6,8-10,14,17,20,23,27-30,32,34-37H2,1-2H3,(H,51,55)/b7-5-,13-11-,16-15-,19-18-,22-21-,25-12+,26-24-,33-31+. The molecule has 2 saturated heterocycles. The molecule has 2 heterocycles. The molecule has 0 aromatic rings. The van der Waals surface area contributed by atoms with Crippen LogP contribution in [0.15, 0.2) is 97.2 Å². The van der Waals surface area contributed by atoms with Gasteiger partial charge < -0.3 is 65.1 Å². The van der Waals surface area contributed by atoms with Crippen molar-refractivity contribution in [3.05, 3.63) is 97.2 Å². The second-order valence-electron chi connectivity index (χ2n) is 16.1. The number of nitrogens with one attached hydrogen (secondary N) is 1. The summed E-state index contributed by atoms with van der Waals surface area (Å²) < 4.78 is 22.6. The third-order valence-electron chi connectivity index (χ3n) is 10.8. The van der Waals surface area contributed by atoms with Crippen molar-refractivity contribution in [3.63, 3.8) is 0 Å². The lowest BCUT2D eigenvalue weighted by molar-refractivity contribution is -0.359. The number of amides is 1. The zero-order chi connectivity index (χ0) is 46.8. The van der Waals surface area contributed by atoms with E-state index in [1.165, 1.54) is 6.42 Å². The van der Waals surface area contributed by atoms with Gasteiger partial charge in [-0.1, -0.05) is 124 Å². The predicted molar refractivity (Wildman–Crippen MR) is 249 cm³/mol. The van der Waals surface area contributed by atoms with E-state index in [1.807, 2.05) is 6.08 Å². The number of aliphatic hydroxyl groups is 8. The number of unbranched alkanes of at least 4 members (excludes halogenated alkanes) is 6. The van der Waals surface area contributed by atoms with Crippen molar-refractivity contribution in [2.75, 3.05) is 19.8 Å². The quantitative estimate of drug-likeness (QED) is 0.0305. The summed E-state index contributed by atoms with van der Waals surface area (Å²) in [7, 11) is 0. The first kappa shape index (κ1) is 57.0. The van der Waals surface area contributed by atoms with Crippen molar-refractivity contribution in [2.24, 2.45) is 0 Å². The molecule has 0 radical (unpaired) electrons. The molecule has 0 spiro atoms. The normalized spacial score (nSPS) is 28.2. The molecule has 364 valence electrons. The van der Waals surface area contributed by atoms with Gasteiger partial charge in [-0.3, -0.25) is 4.79 Å². The maximum absolute atomic E-state index is 13.1. The highest BCUT2D eigenvalue weighted by Crippen LogP contribution is 2.29. The highest BCUT2D eigenvalue weighted by molar-refractivity contribution is 5.76. The van der Waals surface area contributed by atoms with E-state index < -0.39 is 86.8 Å². The van der Waals surface area contributed by atoms with Crippen molar-refractivity contribution < 1.29 is 64.6 Å². The van der Waals surface area contributed by atoms with Gasteiger partial charge in [-0.2, -0.15) is 0 Å². The van der Waals surface area contributed by atoms with Crippen LogP contribution in [-0.4, -0.2) is 140 Å². The number of carbonyl (C=O) groups is 1. The first-order chi connectivity index (χ1) is 31.1. The Balaban J connectivity index is 1.87. The van der Waals surface area contributed by atoms with Crippen molar-refractivity contribution >= 4 is 5.91 Å². The fourth-order valence-electron chi connectivity index (χ4n) is 6.89. The average molecular weight is 904 g/mol. The van der Waals surface area contributed by atoms with Crippen LogP contribution < -0.4 is 5.32 Å². The molecule has 0 aliphatic carbocycles. The smallest absolute Gasteiger partial charge is 0.220 e. The monoisotopic (exact) mass is 904 g/mol. The molecule has 1 amide bonds. The van der Waals surface area contributed by atoms with Crippen molar-refractivity contribution in [2.45, 2.75) is 190 Å². The SMILES string of the molecule is CC/C=C\C/C=C\C/C=C\C/C=C\C/C=C\C/C=C\CCCCC(=O)NC(COC1OC(CO)C(OC2OC(CO)C(O)C(O)C2O)C(O)C1O)C(O)/C=C/CC/C=C/CCCCC. The van der Waals surface area contributed by atoms with Gasteiger partial charge in [0.25, 0.3) is 0 Å². The van der Waals surface area contributed by atoms with Gasteiger partial charge in [0, 0.05) is 6.42 Å². The Hall–Kier alpha value is -3.09. The van der Waals surface area contributed by atoms with Gasteiger partial charge in [-0.25, -0.2) is 0 Å². The van der Waals surface area contributed by atoms with Crippen LogP contribution >= 0.6 is 0 Å². The number of aliphatic hydroxyl groups excluding tert-OH is 8. The Morgan fingerprint density at radius 3 is 1.66 bits per heavy atom. The molecule has 0 saturated carbocycles. The first-order valence-corrected chi connectivity index (χ1v) is 23.5. The second-order valence-corrected chi connectivity index (χ2v) is 16.1. The van der Waals surface area contributed by atoms with Gasteiger partial charge in [-0.05, 0) is 83.5 Å². The Labute approximate surface area is 382 Å². The van der Waals surface area contributed by atoms with Gasteiger partial charge in [0.1, 0.15) is 48.8 Å². The molecule has 12 atom stereocenters. The lowest BCUT2D eigenvalue weighted by atomic mass is 9.97. The number of carbonyl (C=O) groups excluding carboxylic acids is 1. The maximum Gasteiger partial charge on any atom is 0.220 e. The van der Waals surface area contributed by atoms with Gasteiger partial charge in [0.2, 0.25) is 5.91 Å². The van der Waals surface area contributed by atoms with E-state index in [1.54, 1.807) is 6.08 Å². The molecule has 14 nitrogen and oxygen atoms in total. The average Bonchev–Trinajstić information content (AvgIpc) is 3.29. The molecule has 2 rings (SSSR count). The molecule has 64 heavy (non-hydrogen) atoms. The Morgan fingerprint density at radius 1 is 0.578 bits per heavy atom. The Kier molecular flexibility index (Phi) is 32.2. The summed E-state index contributed by atoms with van der Waals surface area (Å²) in [6.07, 6.45) is 30.4. The topological polar surface area (TPSA) is 228 Å². The molecule has 12 unspecified atom stereocenters. The van der Waals surface area contributed by atoms with E-state index in [2.05, 4.69) is 104 Å². The van der Waals surface area contributed by atoms with E-state index in [-0.39, 0.29) is 18.9 Å². The highest BCUT2D eigenvalue weighted by atomic mass is 16.7. The van der Waals surface area contributed by atoms with Crippen LogP contribution in [0.1, 0.15) is 117 Å². The molecule has 0 bridgehead atoms. The molecule has 2 fully saturated rings. The third-order valence-corrected chi connectivity index (χ3v) is 10.8. The first-order valence-electron chi connectivity index (χ1n) is 23.5. The molecule has 2 aliphatic heterocycles. The summed E-state index contributed by atoms with van der Waals surface area (Å²) in [5.74, 6) is -0.301. The summed E-state index contributed by atoms with van der Waals surface area (Å²) >= 11 is 0. The van der Waals surface area contributed by atoms with E-state index in [0.717, 1.165) is 77.0 Å². The van der Waals surface area contributed by atoms with Gasteiger partial charge >= 0.3 is 0 Å². The maximum atomic E-state index is 13.1. The molecule has 14 heteroatoms. The van der Waals surface area contributed by atoms with Gasteiger partial charge in [0.05, 0.1) is 32.0 Å². The molecular weight excluding hydrogens is 823 g/mol. The Morgan fingerprint density at radius 2 is 1.08 bits per heavy atom. The molecule has 9 N–H and O–H groups in total. The third kappa shape index (κ3) is 23.4. The zero-order valence-electron chi connectivity index (χ0n) is 38.2. The van der Waals surface area contributed by atoms with Crippen LogP contribution in [0.3, 0.4) is 0 Å². The van der Waals surface area contributed by atoms with Crippen LogP contribution in [-0.2, 0) is 23.7 Å². The van der Waals surface area contributed by atoms with Crippen LogP contribution in [0.5, 0.6) is 0 Å². The summed E-state index contributed by atoms with van der Waals surface area (Å²) in [5.41, 5.74) is 0. The fraction of sp³-hybridized carbons (Fsp3) is 0.660. The van der Waals surface area contributed by atoms with Crippen LogP contribution in [0.25, 0.3) is 0 Å². The van der Waals surface area contributed by atoms with E-state index >= 15 is 0 Å². The van der Waals surface area contributed by atoms with Gasteiger partial charge in [0.15, 0.2) is 12.6 Å². The minimum atomic E-state index is -1.80. The van der Waals surface area contributed by atoms with E-state index in [9.17, 15) is 45.6 Å². The number of ether oxygens (including phenoxy) is 4. The fourth-order valence-corrected chi connectivity index (χ4v) is 6.89. The van der Waals surface area contributed by atoms with Crippen molar-refractivity contribution in [3.8, 4) is 0 Å². The van der Waals surface area contributed by atoms with Crippen molar-refractivity contribution in [1.29, 1.82) is 0 Å². The number of hydrogen-bond acceptors (Lipinski definition) is 13. The molecule has 2 aliphatic rings. The summed E-state index contributed by atoms with van der Waals surface area (Å²) in [4.78, 5) is 13.1. The summed E-state index contributed by atoms with van der Waals surface area (Å²) in [5, 5.41) is 86.3. The minimum absolute atomic E-state index is 0.212. The second kappa shape index (κ2) is 36.1. The zero-order valence-corrected chi connectivity index (χ0v) is 38.2. The van der Waals surface area contributed by atoms with Crippen molar-refractivity contribution in [1.82, 2.24) is 5.32 Å². The summed E-state index contributed by atoms with van der Waals surface area (Å²) in [6, 6.07) is -0.958. The van der Waals surface area contributed by atoms with E-state index in [4.69, 9.17) is 18.9 Å². The lowest BCUT2D eigenvalue weighted by Crippen LogP contribution is -2.65. The Bertz CT molecular complexity index is 1440.